The Morgan fingerprint density at radius 3 is 2.76 bits per heavy atom. The highest BCUT2D eigenvalue weighted by molar-refractivity contribution is 5.31. The van der Waals surface area contributed by atoms with E-state index >= 15 is 0 Å². The molecule has 0 unspecified atom stereocenters. The van der Waals surface area contributed by atoms with E-state index in [1.165, 1.54) is 0 Å². The highest BCUT2D eigenvalue weighted by atomic mass is 14.9. The number of aromatic nitrogens is 3. The van der Waals surface area contributed by atoms with Crippen LogP contribution in [0.15, 0.2) is 30.5 Å². The zero-order valence-corrected chi connectivity index (χ0v) is 9.93. The van der Waals surface area contributed by atoms with Crippen molar-refractivity contribution >= 4 is 5.82 Å². The lowest BCUT2D eigenvalue weighted by Crippen LogP contribution is -2.04. The SMILES string of the molecule is CCCc1nc(N)cc(Cc2ccccn2)n1. The van der Waals surface area contributed by atoms with Gasteiger partial charge in [0.15, 0.2) is 0 Å². The van der Waals surface area contributed by atoms with E-state index in [-0.39, 0.29) is 0 Å². The molecule has 2 aromatic rings. The molecule has 0 aliphatic carbocycles. The maximum Gasteiger partial charge on any atom is 0.130 e. The molecule has 0 atom stereocenters. The summed E-state index contributed by atoms with van der Waals surface area (Å²) < 4.78 is 0. The van der Waals surface area contributed by atoms with Gasteiger partial charge in [0.2, 0.25) is 0 Å². The third-order valence-corrected chi connectivity index (χ3v) is 2.41. The molecule has 2 N–H and O–H groups in total. The summed E-state index contributed by atoms with van der Waals surface area (Å²) in [5, 5.41) is 0. The summed E-state index contributed by atoms with van der Waals surface area (Å²) in [6.45, 7) is 2.10. The normalized spacial score (nSPS) is 10.4. The molecule has 4 heteroatoms. The van der Waals surface area contributed by atoms with Gasteiger partial charge in [-0.3, -0.25) is 4.98 Å². The molecule has 2 aromatic heterocycles. The van der Waals surface area contributed by atoms with Gasteiger partial charge in [-0.25, -0.2) is 9.97 Å². The van der Waals surface area contributed by atoms with E-state index < -0.39 is 0 Å². The van der Waals surface area contributed by atoms with Crippen LogP contribution in [-0.4, -0.2) is 15.0 Å². The second kappa shape index (κ2) is 5.39. The van der Waals surface area contributed by atoms with E-state index in [0.717, 1.165) is 30.1 Å². The summed E-state index contributed by atoms with van der Waals surface area (Å²) in [6.07, 6.45) is 4.36. The minimum Gasteiger partial charge on any atom is -0.384 e. The molecule has 0 amide bonds. The average Bonchev–Trinajstić information content (AvgIpc) is 2.30. The number of hydrogen-bond acceptors (Lipinski definition) is 4. The van der Waals surface area contributed by atoms with Crippen molar-refractivity contribution in [3.63, 3.8) is 0 Å². The van der Waals surface area contributed by atoms with Gasteiger partial charge in [0.25, 0.3) is 0 Å². The Kier molecular flexibility index (Phi) is 3.65. The molecule has 0 aliphatic rings. The van der Waals surface area contributed by atoms with Gasteiger partial charge in [0, 0.05) is 30.8 Å². The predicted octanol–water partition coefficient (Wildman–Crippen LogP) is 2.00. The first-order valence-electron chi connectivity index (χ1n) is 5.80. The van der Waals surface area contributed by atoms with Crippen LogP contribution in [0, 0.1) is 0 Å². The molecule has 4 nitrogen and oxygen atoms in total. The van der Waals surface area contributed by atoms with Crippen molar-refractivity contribution < 1.29 is 0 Å². The van der Waals surface area contributed by atoms with Crippen LogP contribution in [0.2, 0.25) is 0 Å². The number of nitrogens with two attached hydrogens (primary N) is 1. The lowest BCUT2D eigenvalue weighted by molar-refractivity contribution is 0.818. The first-order chi connectivity index (χ1) is 8.28. The molecule has 2 heterocycles. The Morgan fingerprint density at radius 2 is 2.06 bits per heavy atom. The average molecular weight is 228 g/mol. The Hall–Kier alpha value is -1.97. The van der Waals surface area contributed by atoms with Crippen LogP contribution < -0.4 is 5.73 Å². The summed E-state index contributed by atoms with van der Waals surface area (Å²) in [5.41, 5.74) is 7.70. The van der Waals surface area contributed by atoms with E-state index in [9.17, 15) is 0 Å². The fourth-order valence-electron chi connectivity index (χ4n) is 1.69. The summed E-state index contributed by atoms with van der Waals surface area (Å²) in [7, 11) is 0. The predicted molar refractivity (Wildman–Crippen MR) is 67.5 cm³/mol. The summed E-state index contributed by atoms with van der Waals surface area (Å²) in [6, 6.07) is 7.67. The molecule has 0 radical (unpaired) electrons. The van der Waals surface area contributed by atoms with Gasteiger partial charge < -0.3 is 5.73 Å². The fraction of sp³-hybridized carbons (Fsp3) is 0.308. The molecular formula is C13H16N4. The maximum absolute atomic E-state index is 5.77. The first-order valence-corrected chi connectivity index (χ1v) is 5.80. The Morgan fingerprint density at radius 1 is 1.18 bits per heavy atom. The van der Waals surface area contributed by atoms with E-state index in [1.807, 2.05) is 24.3 Å². The molecule has 0 fully saturated rings. The number of aryl methyl sites for hydroxylation is 1. The molecule has 0 aliphatic heterocycles. The summed E-state index contributed by atoms with van der Waals surface area (Å²) in [5.74, 6) is 1.35. The molecule has 0 aromatic carbocycles. The molecule has 0 saturated carbocycles. The lowest BCUT2D eigenvalue weighted by Gasteiger charge is -2.04. The number of rotatable bonds is 4. The first kappa shape index (κ1) is 11.5. The monoisotopic (exact) mass is 228 g/mol. The van der Waals surface area contributed by atoms with Gasteiger partial charge in [-0.2, -0.15) is 0 Å². The largest absolute Gasteiger partial charge is 0.384 e. The minimum atomic E-state index is 0.536. The van der Waals surface area contributed by atoms with E-state index in [4.69, 9.17) is 5.73 Å². The summed E-state index contributed by atoms with van der Waals surface area (Å²) >= 11 is 0. The molecule has 2 rings (SSSR count). The van der Waals surface area contributed by atoms with E-state index in [2.05, 4.69) is 21.9 Å². The molecule has 0 bridgehead atoms. The van der Waals surface area contributed by atoms with Crippen LogP contribution in [0.5, 0.6) is 0 Å². The molecule has 17 heavy (non-hydrogen) atoms. The topological polar surface area (TPSA) is 64.7 Å². The van der Waals surface area contributed by atoms with Gasteiger partial charge in [-0.15, -0.1) is 0 Å². The van der Waals surface area contributed by atoms with Gasteiger partial charge in [0.05, 0.1) is 5.69 Å². The Balaban J connectivity index is 2.21. The molecule has 88 valence electrons. The van der Waals surface area contributed by atoms with Crippen LogP contribution in [-0.2, 0) is 12.8 Å². The molecular weight excluding hydrogens is 212 g/mol. The van der Waals surface area contributed by atoms with Crippen molar-refractivity contribution in [1.82, 2.24) is 15.0 Å². The zero-order valence-electron chi connectivity index (χ0n) is 9.93. The highest BCUT2D eigenvalue weighted by Crippen LogP contribution is 2.09. The third-order valence-electron chi connectivity index (χ3n) is 2.41. The minimum absolute atomic E-state index is 0.536. The van der Waals surface area contributed by atoms with Crippen LogP contribution in [0.4, 0.5) is 5.82 Å². The zero-order chi connectivity index (χ0) is 12.1. The summed E-state index contributed by atoms with van der Waals surface area (Å²) in [4.78, 5) is 13.0. The number of anilines is 1. The van der Waals surface area contributed by atoms with Gasteiger partial charge in [0.1, 0.15) is 11.6 Å². The second-order valence-electron chi connectivity index (χ2n) is 3.95. The second-order valence-corrected chi connectivity index (χ2v) is 3.95. The number of pyridine rings is 1. The van der Waals surface area contributed by atoms with Crippen LogP contribution >= 0.6 is 0 Å². The van der Waals surface area contributed by atoms with Crippen molar-refractivity contribution in [2.75, 3.05) is 5.73 Å². The fourth-order valence-corrected chi connectivity index (χ4v) is 1.69. The smallest absolute Gasteiger partial charge is 0.130 e. The van der Waals surface area contributed by atoms with Crippen molar-refractivity contribution in [3.05, 3.63) is 47.7 Å². The van der Waals surface area contributed by atoms with Crippen molar-refractivity contribution in [2.24, 2.45) is 0 Å². The number of nitrogens with zero attached hydrogens (tertiary/aromatic N) is 3. The maximum atomic E-state index is 5.77. The number of nitrogen functional groups attached to an aromatic ring is 1. The van der Waals surface area contributed by atoms with Crippen molar-refractivity contribution in [2.45, 2.75) is 26.2 Å². The van der Waals surface area contributed by atoms with Gasteiger partial charge in [-0.1, -0.05) is 13.0 Å². The van der Waals surface area contributed by atoms with Gasteiger partial charge >= 0.3 is 0 Å². The molecule has 0 spiro atoms. The van der Waals surface area contributed by atoms with E-state index in [1.54, 1.807) is 6.20 Å². The highest BCUT2D eigenvalue weighted by Gasteiger charge is 2.03. The van der Waals surface area contributed by atoms with Crippen molar-refractivity contribution in [3.8, 4) is 0 Å². The Bertz CT molecular complexity index is 482. The standard InChI is InChI=1S/C13H16N4/c1-2-5-13-16-11(9-12(14)17-13)8-10-6-3-4-7-15-10/h3-4,6-7,9H,2,5,8H2,1H3,(H2,14,16,17). The van der Waals surface area contributed by atoms with Crippen LogP contribution in [0.3, 0.4) is 0 Å². The van der Waals surface area contributed by atoms with Crippen LogP contribution in [0.1, 0.15) is 30.6 Å². The third kappa shape index (κ3) is 3.24. The van der Waals surface area contributed by atoms with E-state index in [0.29, 0.717) is 12.2 Å². The van der Waals surface area contributed by atoms with Crippen molar-refractivity contribution in [1.29, 1.82) is 0 Å². The number of hydrogen-bond donors (Lipinski definition) is 1. The lowest BCUT2D eigenvalue weighted by atomic mass is 10.2. The Labute approximate surface area is 101 Å². The van der Waals surface area contributed by atoms with Gasteiger partial charge in [-0.05, 0) is 18.6 Å². The quantitative estimate of drug-likeness (QED) is 0.869. The molecule has 0 saturated heterocycles. The van der Waals surface area contributed by atoms with Crippen LogP contribution in [0.25, 0.3) is 0 Å².